The van der Waals surface area contributed by atoms with Gasteiger partial charge in [0.15, 0.2) is 0 Å². The third-order valence-corrected chi connectivity index (χ3v) is 7.40. The highest BCUT2D eigenvalue weighted by molar-refractivity contribution is 7.89. The quantitative estimate of drug-likeness (QED) is 0.905. The number of aryl methyl sites for hydroxylation is 1. The topological polar surface area (TPSA) is 64.0 Å². The lowest BCUT2D eigenvalue weighted by Crippen LogP contribution is -2.51. The summed E-state index contributed by atoms with van der Waals surface area (Å²) in [6.45, 7) is 3.24. The first-order chi connectivity index (χ1) is 10.5. The fourth-order valence-corrected chi connectivity index (χ4v) is 6.60. The Morgan fingerprint density at radius 3 is 2.32 bits per heavy atom. The van der Waals surface area contributed by atoms with Gasteiger partial charge in [0.2, 0.25) is 10.0 Å². The summed E-state index contributed by atoms with van der Waals surface area (Å²) in [7, 11) is -3.43. The second-order valence-electron chi connectivity index (χ2n) is 7.77. The van der Waals surface area contributed by atoms with Crippen molar-refractivity contribution in [2.45, 2.75) is 56.9 Å². The molecular weight excluding hydrogens is 298 g/mol. The van der Waals surface area contributed by atoms with Crippen LogP contribution >= 0.6 is 0 Å². The summed E-state index contributed by atoms with van der Waals surface area (Å²) < 4.78 is 29.5. The van der Waals surface area contributed by atoms with Crippen LogP contribution in [0.15, 0.2) is 17.3 Å². The van der Waals surface area contributed by atoms with Gasteiger partial charge in [0.05, 0.1) is 6.20 Å². The van der Waals surface area contributed by atoms with Gasteiger partial charge in [-0.2, -0.15) is 5.10 Å². The zero-order chi connectivity index (χ0) is 15.4. The van der Waals surface area contributed by atoms with E-state index in [2.05, 4.69) is 9.82 Å². The monoisotopic (exact) mass is 323 g/mol. The van der Waals surface area contributed by atoms with Crippen molar-refractivity contribution in [3.05, 3.63) is 12.4 Å². The average molecular weight is 323 g/mol. The fourth-order valence-electron chi connectivity index (χ4n) is 5.49. The van der Waals surface area contributed by atoms with Crippen LogP contribution in [-0.2, 0) is 16.6 Å². The molecule has 0 spiro atoms. The molecule has 0 aliphatic heterocycles. The lowest BCUT2D eigenvalue weighted by atomic mass is 9.50. The van der Waals surface area contributed by atoms with Crippen LogP contribution in [0.5, 0.6) is 0 Å². The summed E-state index contributed by atoms with van der Waals surface area (Å²) in [5.74, 6) is 2.54. The van der Waals surface area contributed by atoms with Gasteiger partial charge in [0, 0.05) is 19.3 Å². The highest BCUT2D eigenvalue weighted by Crippen LogP contribution is 2.59. The highest BCUT2D eigenvalue weighted by atomic mass is 32.2. The third kappa shape index (κ3) is 2.50. The molecule has 4 bridgehead atoms. The predicted octanol–water partition coefficient (Wildman–Crippen LogP) is 2.40. The van der Waals surface area contributed by atoms with Crippen molar-refractivity contribution in [1.82, 2.24) is 14.5 Å². The Morgan fingerprint density at radius 1 is 1.23 bits per heavy atom. The molecule has 0 unspecified atom stereocenters. The van der Waals surface area contributed by atoms with E-state index in [0.717, 1.165) is 17.8 Å². The smallest absolute Gasteiger partial charge is 0.243 e. The Bertz CT molecular complexity index is 629. The van der Waals surface area contributed by atoms with Crippen LogP contribution in [0, 0.1) is 23.2 Å². The van der Waals surface area contributed by atoms with Gasteiger partial charge in [0.25, 0.3) is 0 Å². The summed E-state index contributed by atoms with van der Waals surface area (Å²) in [4.78, 5) is 0.291. The SMILES string of the molecule is CCn1cc(S(=O)(=O)NCC23CC4CC(CC(C4)C2)C3)cn1. The van der Waals surface area contributed by atoms with E-state index in [1.807, 2.05) is 6.92 Å². The van der Waals surface area contributed by atoms with Crippen molar-refractivity contribution in [2.75, 3.05) is 6.54 Å². The summed E-state index contributed by atoms with van der Waals surface area (Å²) in [5, 5.41) is 4.07. The Kier molecular flexibility index (Phi) is 3.38. The van der Waals surface area contributed by atoms with E-state index in [9.17, 15) is 8.42 Å². The molecule has 122 valence electrons. The Hall–Kier alpha value is -0.880. The van der Waals surface area contributed by atoms with E-state index in [1.54, 1.807) is 10.9 Å². The van der Waals surface area contributed by atoms with Crippen LogP contribution in [0.2, 0.25) is 0 Å². The second-order valence-corrected chi connectivity index (χ2v) is 9.54. The van der Waals surface area contributed by atoms with Gasteiger partial charge in [-0.1, -0.05) is 0 Å². The van der Waals surface area contributed by atoms with E-state index in [0.29, 0.717) is 18.0 Å². The van der Waals surface area contributed by atoms with Crippen LogP contribution in [-0.4, -0.2) is 24.7 Å². The van der Waals surface area contributed by atoms with E-state index >= 15 is 0 Å². The first-order valence-corrected chi connectivity index (χ1v) is 9.98. The summed E-state index contributed by atoms with van der Waals surface area (Å²) in [6, 6.07) is 0. The van der Waals surface area contributed by atoms with Gasteiger partial charge in [-0.3, -0.25) is 4.68 Å². The third-order valence-electron chi connectivity index (χ3n) is 6.05. The molecule has 0 radical (unpaired) electrons. The van der Waals surface area contributed by atoms with Crippen molar-refractivity contribution < 1.29 is 8.42 Å². The van der Waals surface area contributed by atoms with E-state index in [-0.39, 0.29) is 5.41 Å². The van der Waals surface area contributed by atoms with Gasteiger partial charge in [-0.15, -0.1) is 0 Å². The Labute approximate surface area is 132 Å². The van der Waals surface area contributed by atoms with Crippen molar-refractivity contribution >= 4 is 10.0 Å². The average Bonchev–Trinajstić information content (AvgIpc) is 2.94. The molecule has 0 saturated heterocycles. The minimum Gasteiger partial charge on any atom is -0.272 e. The first-order valence-electron chi connectivity index (χ1n) is 8.50. The maximum atomic E-state index is 12.5. The molecule has 5 rings (SSSR count). The molecular formula is C16H25N3O2S. The molecule has 1 aromatic rings. The maximum Gasteiger partial charge on any atom is 0.243 e. The molecule has 5 nitrogen and oxygen atoms in total. The lowest BCUT2D eigenvalue weighted by Gasteiger charge is -2.56. The number of nitrogens with zero attached hydrogens (tertiary/aromatic N) is 2. The van der Waals surface area contributed by atoms with Crippen molar-refractivity contribution in [2.24, 2.45) is 23.2 Å². The number of hydrogen-bond acceptors (Lipinski definition) is 3. The van der Waals surface area contributed by atoms with E-state index in [4.69, 9.17) is 0 Å². The van der Waals surface area contributed by atoms with Crippen LogP contribution in [0.4, 0.5) is 0 Å². The Balaban J connectivity index is 1.48. The largest absolute Gasteiger partial charge is 0.272 e. The number of rotatable bonds is 5. The number of aromatic nitrogens is 2. The van der Waals surface area contributed by atoms with Crippen LogP contribution < -0.4 is 4.72 Å². The maximum absolute atomic E-state index is 12.5. The molecule has 4 fully saturated rings. The van der Waals surface area contributed by atoms with Crippen molar-refractivity contribution in [3.63, 3.8) is 0 Å². The van der Waals surface area contributed by atoms with Crippen molar-refractivity contribution in [1.29, 1.82) is 0 Å². The molecule has 1 heterocycles. The molecule has 22 heavy (non-hydrogen) atoms. The molecule has 0 aromatic carbocycles. The van der Waals surface area contributed by atoms with E-state index < -0.39 is 10.0 Å². The fraction of sp³-hybridized carbons (Fsp3) is 0.812. The van der Waals surface area contributed by atoms with Gasteiger partial charge in [-0.05, 0) is 68.6 Å². The number of sulfonamides is 1. The standard InChI is InChI=1S/C16H25N3O2S/c1-2-19-10-15(9-17-19)22(20,21)18-11-16-6-12-3-13(7-16)5-14(4-12)8-16/h9-10,12-14,18H,2-8,11H2,1H3. The Morgan fingerprint density at radius 2 is 1.82 bits per heavy atom. The number of nitrogens with one attached hydrogen (secondary N) is 1. The molecule has 0 atom stereocenters. The van der Waals surface area contributed by atoms with Crippen LogP contribution in [0.1, 0.15) is 45.4 Å². The molecule has 1 aromatic heterocycles. The van der Waals surface area contributed by atoms with Crippen LogP contribution in [0.3, 0.4) is 0 Å². The zero-order valence-electron chi connectivity index (χ0n) is 13.2. The number of hydrogen-bond donors (Lipinski definition) is 1. The zero-order valence-corrected chi connectivity index (χ0v) is 14.0. The molecule has 4 aliphatic carbocycles. The van der Waals surface area contributed by atoms with E-state index in [1.165, 1.54) is 44.7 Å². The molecule has 1 N–H and O–H groups in total. The van der Waals surface area contributed by atoms with Gasteiger partial charge in [0.1, 0.15) is 4.90 Å². The van der Waals surface area contributed by atoms with Crippen molar-refractivity contribution in [3.8, 4) is 0 Å². The highest BCUT2D eigenvalue weighted by Gasteiger charge is 2.50. The van der Waals surface area contributed by atoms with Crippen LogP contribution in [0.25, 0.3) is 0 Å². The minimum absolute atomic E-state index is 0.225. The normalized spacial score (nSPS) is 36.9. The van der Waals surface area contributed by atoms with Gasteiger partial charge < -0.3 is 0 Å². The first kappa shape index (κ1) is 14.7. The van der Waals surface area contributed by atoms with Gasteiger partial charge >= 0.3 is 0 Å². The second kappa shape index (κ2) is 5.06. The molecule has 0 amide bonds. The lowest BCUT2D eigenvalue weighted by molar-refractivity contribution is -0.0487. The minimum atomic E-state index is -3.43. The summed E-state index contributed by atoms with van der Waals surface area (Å²) in [6.07, 6.45) is 10.9. The predicted molar refractivity (Wildman–Crippen MR) is 83.7 cm³/mol. The molecule has 4 saturated carbocycles. The summed E-state index contributed by atoms with van der Waals surface area (Å²) in [5.41, 5.74) is 0.225. The molecule has 6 heteroatoms. The summed E-state index contributed by atoms with van der Waals surface area (Å²) >= 11 is 0. The van der Waals surface area contributed by atoms with Gasteiger partial charge in [-0.25, -0.2) is 13.1 Å². The molecule has 4 aliphatic rings.